The number of hydrogen-bond acceptors (Lipinski definition) is 10. The minimum Gasteiger partial charge on any atom is -0.463 e. The molecule has 2 N–H and O–H groups in total. The third kappa shape index (κ3) is 13.1. The predicted molar refractivity (Wildman–Crippen MR) is 157 cm³/mol. The molecule has 0 saturated carbocycles. The number of hydrogen-bond donors (Lipinski definition) is 2. The molecule has 10 heteroatoms. The lowest BCUT2D eigenvalue weighted by Gasteiger charge is -2.48. The highest BCUT2D eigenvalue weighted by Gasteiger charge is 2.63. The summed E-state index contributed by atoms with van der Waals surface area (Å²) in [4.78, 5) is 51.7. The minimum absolute atomic E-state index is 0.0350. The molecule has 5 atom stereocenters. The third-order valence-corrected chi connectivity index (χ3v) is 7.61. The van der Waals surface area contributed by atoms with Gasteiger partial charge in [0.05, 0.1) is 0 Å². The van der Waals surface area contributed by atoms with Gasteiger partial charge in [0.1, 0.15) is 12.7 Å². The van der Waals surface area contributed by atoms with Crippen molar-refractivity contribution in [2.45, 2.75) is 173 Å². The average Bonchev–Trinajstić information content (AvgIpc) is 2.96. The minimum atomic E-state index is -2.59. The molecule has 0 aromatic rings. The standard InChI is InChI=1S/C32H56O10/c1-5-9-13-14-18-22-28(36)42-30-31(37)40-24(23-39-26(34)20-16-11-7-3)29(41-27(35)21-17-12-8-4)32(30,38)25(33)19-15-10-6-2/h24,29-31,37-38H,5-23H2,1-4H3/t24-,29-,30-,31-,32+/m1/s1. The van der Waals surface area contributed by atoms with E-state index in [2.05, 4.69) is 6.92 Å². The van der Waals surface area contributed by atoms with Crippen LogP contribution in [-0.4, -0.2) is 70.7 Å². The quantitative estimate of drug-likeness (QED) is 0.0879. The van der Waals surface area contributed by atoms with Crippen molar-refractivity contribution in [1.82, 2.24) is 0 Å². The van der Waals surface area contributed by atoms with E-state index in [0.717, 1.165) is 57.8 Å². The van der Waals surface area contributed by atoms with Gasteiger partial charge in [-0.05, 0) is 25.7 Å². The Morgan fingerprint density at radius 3 is 1.60 bits per heavy atom. The third-order valence-electron chi connectivity index (χ3n) is 7.61. The van der Waals surface area contributed by atoms with Crippen molar-refractivity contribution in [3.8, 4) is 0 Å². The van der Waals surface area contributed by atoms with Gasteiger partial charge in [0.15, 0.2) is 24.3 Å². The first-order valence-electron chi connectivity index (χ1n) is 16.3. The number of ketones is 1. The van der Waals surface area contributed by atoms with Crippen LogP contribution < -0.4 is 0 Å². The number of ether oxygens (including phenoxy) is 4. The van der Waals surface area contributed by atoms with Crippen molar-refractivity contribution >= 4 is 23.7 Å². The summed E-state index contributed by atoms with van der Waals surface area (Å²) in [6.45, 7) is 7.59. The highest BCUT2D eigenvalue weighted by atomic mass is 16.7. The molecule has 10 nitrogen and oxygen atoms in total. The molecule has 1 saturated heterocycles. The van der Waals surface area contributed by atoms with Gasteiger partial charge in [-0.2, -0.15) is 0 Å². The number of rotatable bonds is 23. The topological polar surface area (TPSA) is 146 Å². The fourth-order valence-corrected chi connectivity index (χ4v) is 5.04. The summed E-state index contributed by atoms with van der Waals surface area (Å²) < 4.78 is 22.2. The Morgan fingerprint density at radius 2 is 1.05 bits per heavy atom. The Balaban J connectivity index is 3.27. The Morgan fingerprint density at radius 1 is 0.619 bits per heavy atom. The van der Waals surface area contributed by atoms with Crippen LogP contribution in [0.1, 0.15) is 143 Å². The van der Waals surface area contributed by atoms with E-state index in [-0.39, 0.29) is 25.7 Å². The molecule has 1 aliphatic rings. The zero-order valence-corrected chi connectivity index (χ0v) is 26.4. The number of carbonyl (C=O) groups excluding carboxylic acids is 4. The highest BCUT2D eigenvalue weighted by Crippen LogP contribution is 2.36. The van der Waals surface area contributed by atoms with Crippen LogP contribution in [0.4, 0.5) is 0 Å². The molecule has 0 spiro atoms. The van der Waals surface area contributed by atoms with E-state index in [1.165, 1.54) is 0 Å². The van der Waals surface area contributed by atoms with Gasteiger partial charge >= 0.3 is 17.9 Å². The maximum absolute atomic E-state index is 13.7. The molecular weight excluding hydrogens is 544 g/mol. The van der Waals surface area contributed by atoms with Crippen LogP contribution in [0.2, 0.25) is 0 Å². The van der Waals surface area contributed by atoms with Crippen LogP contribution in [0.5, 0.6) is 0 Å². The summed E-state index contributed by atoms with van der Waals surface area (Å²) in [5.74, 6) is -2.62. The van der Waals surface area contributed by atoms with Crippen molar-refractivity contribution < 1.29 is 48.3 Å². The maximum Gasteiger partial charge on any atom is 0.306 e. The van der Waals surface area contributed by atoms with E-state index < -0.39 is 60.5 Å². The van der Waals surface area contributed by atoms with Gasteiger partial charge in [-0.3, -0.25) is 19.2 Å². The van der Waals surface area contributed by atoms with Crippen LogP contribution in [-0.2, 0) is 38.1 Å². The predicted octanol–water partition coefficient (Wildman–Crippen LogP) is 5.47. The summed E-state index contributed by atoms with van der Waals surface area (Å²) in [5.41, 5.74) is -2.59. The summed E-state index contributed by atoms with van der Waals surface area (Å²) in [5, 5.41) is 23.0. The van der Waals surface area contributed by atoms with Crippen LogP contribution >= 0.6 is 0 Å². The molecule has 0 aromatic heterocycles. The first kappa shape index (κ1) is 38.0. The van der Waals surface area contributed by atoms with Gasteiger partial charge in [0.25, 0.3) is 0 Å². The Hall–Kier alpha value is -2.04. The van der Waals surface area contributed by atoms with Crippen LogP contribution in [0, 0.1) is 0 Å². The first-order valence-corrected chi connectivity index (χ1v) is 16.3. The lowest BCUT2D eigenvalue weighted by Crippen LogP contribution is -2.72. The highest BCUT2D eigenvalue weighted by molar-refractivity contribution is 5.90. The van der Waals surface area contributed by atoms with E-state index in [0.29, 0.717) is 32.1 Å². The van der Waals surface area contributed by atoms with Crippen molar-refractivity contribution in [3.63, 3.8) is 0 Å². The molecule has 0 bridgehead atoms. The molecule has 1 aliphatic heterocycles. The number of Topliss-reactive ketones (excluding diaryl/α,β-unsaturated/α-hetero) is 1. The zero-order chi connectivity index (χ0) is 31.4. The molecule has 1 rings (SSSR count). The van der Waals surface area contributed by atoms with E-state index in [4.69, 9.17) is 18.9 Å². The monoisotopic (exact) mass is 600 g/mol. The fraction of sp³-hybridized carbons (Fsp3) is 0.875. The van der Waals surface area contributed by atoms with E-state index in [1.807, 2.05) is 20.8 Å². The lowest BCUT2D eigenvalue weighted by atomic mass is 9.78. The number of aliphatic hydroxyl groups excluding tert-OH is 1. The summed E-state index contributed by atoms with van der Waals surface area (Å²) in [6.07, 6.45) is 4.44. The first-order chi connectivity index (χ1) is 20.1. The molecule has 42 heavy (non-hydrogen) atoms. The molecular formula is C32H56O10. The van der Waals surface area contributed by atoms with E-state index in [1.54, 1.807) is 0 Å². The molecule has 244 valence electrons. The normalized spacial score (nSPS) is 23.8. The van der Waals surface area contributed by atoms with Crippen molar-refractivity contribution in [3.05, 3.63) is 0 Å². The molecule has 1 heterocycles. The van der Waals surface area contributed by atoms with E-state index in [9.17, 15) is 29.4 Å². The number of carbonyl (C=O) groups is 4. The van der Waals surface area contributed by atoms with Gasteiger partial charge in [-0.15, -0.1) is 0 Å². The molecule has 0 amide bonds. The number of unbranched alkanes of at least 4 members (excludes halogenated alkanes) is 10. The van der Waals surface area contributed by atoms with Gasteiger partial charge in [-0.25, -0.2) is 0 Å². The molecule has 0 unspecified atom stereocenters. The molecule has 0 radical (unpaired) electrons. The molecule has 0 aromatic carbocycles. The van der Waals surface area contributed by atoms with Crippen molar-refractivity contribution in [2.75, 3.05) is 6.61 Å². The summed E-state index contributed by atoms with van der Waals surface area (Å²) in [6, 6.07) is 0. The van der Waals surface area contributed by atoms with Gasteiger partial charge in [-0.1, -0.05) is 91.9 Å². The van der Waals surface area contributed by atoms with Crippen LogP contribution in [0.15, 0.2) is 0 Å². The van der Waals surface area contributed by atoms with Gasteiger partial charge in [0, 0.05) is 25.7 Å². The fourth-order valence-electron chi connectivity index (χ4n) is 5.04. The number of esters is 3. The maximum atomic E-state index is 13.7. The molecule has 1 fully saturated rings. The largest absolute Gasteiger partial charge is 0.463 e. The molecule has 0 aliphatic carbocycles. The number of aliphatic hydroxyl groups is 2. The average molecular weight is 601 g/mol. The zero-order valence-electron chi connectivity index (χ0n) is 26.4. The Kier molecular flexibility index (Phi) is 19.6. The van der Waals surface area contributed by atoms with Crippen LogP contribution in [0.25, 0.3) is 0 Å². The smallest absolute Gasteiger partial charge is 0.306 e. The van der Waals surface area contributed by atoms with Gasteiger partial charge in [0.2, 0.25) is 5.60 Å². The Bertz CT molecular complexity index is 800. The van der Waals surface area contributed by atoms with E-state index >= 15 is 0 Å². The summed E-state index contributed by atoms with van der Waals surface area (Å²) in [7, 11) is 0. The second kappa shape index (κ2) is 21.6. The summed E-state index contributed by atoms with van der Waals surface area (Å²) >= 11 is 0. The Labute approximate surface area is 252 Å². The van der Waals surface area contributed by atoms with Crippen LogP contribution in [0.3, 0.4) is 0 Å². The SMILES string of the molecule is CCCCCCCC(=O)O[C@@H]1[C@H](O)O[C@H](COC(=O)CCCCC)[C@@H](OC(=O)CCCCC)[C@@]1(O)C(=O)CCCCC. The second-order valence-electron chi connectivity index (χ2n) is 11.4. The second-order valence-corrected chi connectivity index (χ2v) is 11.4. The van der Waals surface area contributed by atoms with Gasteiger partial charge < -0.3 is 29.2 Å². The van der Waals surface area contributed by atoms with Crippen molar-refractivity contribution in [1.29, 1.82) is 0 Å². The lowest BCUT2D eigenvalue weighted by molar-refractivity contribution is -0.317. The van der Waals surface area contributed by atoms with Crippen molar-refractivity contribution in [2.24, 2.45) is 0 Å².